The van der Waals surface area contributed by atoms with Crippen molar-refractivity contribution in [2.24, 2.45) is 0 Å². The van der Waals surface area contributed by atoms with Crippen molar-refractivity contribution in [3.63, 3.8) is 0 Å². The number of allylic oxidation sites excluding steroid dienone is 1. The van der Waals surface area contributed by atoms with E-state index in [1.807, 2.05) is 0 Å². The van der Waals surface area contributed by atoms with Crippen molar-refractivity contribution in [2.45, 2.75) is 13.3 Å². The summed E-state index contributed by atoms with van der Waals surface area (Å²) >= 11 is 12.0. The Morgan fingerprint density at radius 1 is 1.38 bits per heavy atom. The first-order valence-electron chi connectivity index (χ1n) is 7.74. The number of alkyl halides is 2. The molecule has 0 bridgehead atoms. The van der Waals surface area contributed by atoms with E-state index in [0.29, 0.717) is 4.68 Å². The molecule has 0 fully saturated rings. The van der Waals surface area contributed by atoms with Gasteiger partial charge in [0.25, 0.3) is 6.43 Å². The number of carbonyl (C=O) groups is 1. The van der Waals surface area contributed by atoms with Gasteiger partial charge in [-0.15, -0.1) is 5.10 Å². The largest absolute Gasteiger partial charge is 0.463 e. The molecular weight excluding hydrogens is 431 g/mol. The van der Waals surface area contributed by atoms with Crippen molar-refractivity contribution >= 4 is 46.4 Å². The van der Waals surface area contributed by atoms with E-state index >= 15 is 0 Å². The van der Waals surface area contributed by atoms with Crippen LogP contribution in [-0.4, -0.2) is 30.9 Å². The van der Waals surface area contributed by atoms with E-state index in [1.54, 1.807) is 6.07 Å². The van der Waals surface area contributed by atoms with E-state index in [1.165, 1.54) is 19.1 Å². The van der Waals surface area contributed by atoms with E-state index in [-0.39, 0.29) is 38.5 Å². The third-order valence-electron chi connectivity index (χ3n) is 3.76. The molecule has 0 unspecified atom stereocenters. The lowest BCUT2D eigenvalue weighted by atomic mass is 10.1. The zero-order chi connectivity index (χ0) is 21.3. The normalized spacial score (nSPS) is 11.3. The van der Waals surface area contributed by atoms with Gasteiger partial charge in [0.05, 0.1) is 22.3 Å². The van der Waals surface area contributed by atoms with Crippen LogP contribution in [-0.2, 0) is 0 Å². The lowest BCUT2D eigenvalue weighted by Gasteiger charge is -2.14. The number of aryl methyl sites for hydroxylation is 1. The Morgan fingerprint density at radius 3 is 2.72 bits per heavy atom. The molecule has 2 aromatic heterocycles. The van der Waals surface area contributed by atoms with E-state index in [9.17, 15) is 18.7 Å². The van der Waals surface area contributed by atoms with Gasteiger partial charge in [0, 0.05) is 6.08 Å². The highest BCUT2D eigenvalue weighted by atomic mass is 35.5. The SMILES string of the molecule is Cc1c2c(Oc3c(Cl)cc(/C=C/C#N)cc3C(F)F)nc(Cl)nc2nn1C(=O)O. The summed E-state index contributed by atoms with van der Waals surface area (Å²) in [6, 6.07) is 4.18. The molecule has 0 saturated carbocycles. The van der Waals surface area contributed by atoms with E-state index in [2.05, 4.69) is 15.1 Å². The van der Waals surface area contributed by atoms with Gasteiger partial charge in [-0.2, -0.15) is 19.9 Å². The van der Waals surface area contributed by atoms with Gasteiger partial charge in [0.1, 0.15) is 5.39 Å². The lowest BCUT2D eigenvalue weighted by molar-refractivity contribution is 0.148. The molecule has 0 saturated heterocycles. The second-order valence-electron chi connectivity index (χ2n) is 5.56. The summed E-state index contributed by atoms with van der Waals surface area (Å²) in [5.41, 5.74) is -0.285. The summed E-state index contributed by atoms with van der Waals surface area (Å²) in [6.45, 7) is 1.42. The molecule has 12 heteroatoms. The van der Waals surface area contributed by atoms with Crippen LogP contribution in [0.2, 0.25) is 10.3 Å². The number of halogens is 4. The Morgan fingerprint density at radius 2 is 2.10 bits per heavy atom. The molecule has 8 nitrogen and oxygen atoms in total. The summed E-state index contributed by atoms with van der Waals surface area (Å²) in [6.07, 6.45) is -1.93. The second-order valence-corrected chi connectivity index (χ2v) is 6.31. The Kier molecular flexibility index (Phi) is 5.63. The zero-order valence-corrected chi connectivity index (χ0v) is 15.9. The van der Waals surface area contributed by atoms with Gasteiger partial charge in [-0.25, -0.2) is 13.6 Å². The number of hydrogen-bond acceptors (Lipinski definition) is 6. The number of aromatic nitrogens is 4. The lowest BCUT2D eigenvalue weighted by Crippen LogP contribution is -2.11. The summed E-state index contributed by atoms with van der Waals surface area (Å²) < 4.78 is 33.4. The first-order valence-corrected chi connectivity index (χ1v) is 8.50. The number of nitriles is 1. The molecule has 0 spiro atoms. The Hall–Kier alpha value is -3.29. The van der Waals surface area contributed by atoms with Crippen molar-refractivity contribution in [3.05, 3.63) is 45.3 Å². The van der Waals surface area contributed by atoms with Crippen molar-refractivity contribution in [3.8, 4) is 17.7 Å². The standard InChI is InChI=1S/C17H9Cl2F2N5O3/c1-7-11-14(25-26(7)17(27)28)23-16(19)24-15(11)29-12-9(13(20)21)5-8(3-2-4-22)6-10(12)18/h2-3,5-6,13H,1H3,(H,27,28)/b3-2+. The van der Waals surface area contributed by atoms with Crippen molar-refractivity contribution in [1.29, 1.82) is 5.26 Å². The molecule has 0 radical (unpaired) electrons. The third kappa shape index (κ3) is 3.96. The van der Waals surface area contributed by atoms with Crippen molar-refractivity contribution in [2.75, 3.05) is 0 Å². The monoisotopic (exact) mass is 439 g/mol. The maximum Gasteiger partial charge on any atom is 0.432 e. The molecule has 0 amide bonds. The average molecular weight is 440 g/mol. The highest BCUT2D eigenvalue weighted by Crippen LogP contribution is 2.41. The Balaban J connectivity index is 2.20. The summed E-state index contributed by atoms with van der Waals surface area (Å²) in [7, 11) is 0. The fraction of sp³-hybridized carbons (Fsp3) is 0.118. The van der Waals surface area contributed by atoms with Crippen LogP contribution in [0.15, 0.2) is 18.2 Å². The van der Waals surface area contributed by atoms with Gasteiger partial charge in [-0.1, -0.05) is 11.6 Å². The van der Waals surface area contributed by atoms with Gasteiger partial charge in [-0.3, -0.25) is 0 Å². The minimum absolute atomic E-state index is 0.0709. The van der Waals surface area contributed by atoms with Gasteiger partial charge >= 0.3 is 6.09 Å². The summed E-state index contributed by atoms with van der Waals surface area (Å²) in [4.78, 5) is 19.0. The number of carboxylic acid groups (broad SMARTS) is 1. The Bertz CT molecular complexity index is 1200. The van der Waals surface area contributed by atoms with Crippen LogP contribution in [0, 0.1) is 18.3 Å². The molecule has 29 heavy (non-hydrogen) atoms. The molecule has 0 aliphatic carbocycles. The molecule has 3 aromatic rings. The van der Waals surface area contributed by atoms with Gasteiger partial charge in [0.2, 0.25) is 11.2 Å². The molecule has 0 aliphatic rings. The highest BCUT2D eigenvalue weighted by molar-refractivity contribution is 6.32. The maximum absolute atomic E-state index is 13.6. The second kappa shape index (κ2) is 7.98. The van der Waals surface area contributed by atoms with Gasteiger partial charge in [0.15, 0.2) is 11.4 Å². The average Bonchev–Trinajstić information content (AvgIpc) is 2.98. The van der Waals surface area contributed by atoms with E-state index < -0.39 is 23.8 Å². The summed E-state index contributed by atoms with van der Waals surface area (Å²) in [5.74, 6) is -0.677. The van der Waals surface area contributed by atoms with Gasteiger partial charge in [-0.05, 0) is 42.3 Å². The van der Waals surface area contributed by atoms with Crippen molar-refractivity contribution in [1.82, 2.24) is 19.7 Å². The number of benzene rings is 1. The van der Waals surface area contributed by atoms with Crippen LogP contribution in [0.1, 0.15) is 23.2 Å². The Labute approximate surface area is 171 Å². The van der Waals surface area contributed by atoms with Crippen molar-refractivity contribution < 1.29 is 23.4 Å². The fourth-order valence-electron chi connectivity index (χ4n) is 2.56. The number of rotatable bonds is 4. The number of nitrogens with zero attached hydrogens (tertiary/aromatic N) is 5. The van der Waals surface area contributed by atoms with Crippen LogP contribution in [0.25, 0.3) is 17.1 Å². The minimum Gasteiger partial charge on any atom is -0.463 e. The summed E-state index contributed by atoms with van der Waals surface area (Å²) in [5, 5.41) is 21.2. The number of fused-ring (bicyclic) bond motifs is 1. The molecular formula is C17H9Cl2F2N5O3. The molecule has 148 valence electrons. The van der Waals surface area contributed by atoms with Crippen LogP contribution >= 0.6 is 23.2 Å². The topological polar surface area (TPSA) is 114 Å². The van der Waals surface area contributed by atoms with Gasteiger partial charge < -0.3 is 9.84 Å². The molecule has 2 heterocycles. The van der Waals surface area contributed by atoms with Crippen LogP contribution in [0.4, 0.5) is 13.6 Å². The molecule has 3 rings (SSSR count). The minimum atomic E-state index is -2.96. The molecule has 1 N–H and O–H groups in total. The molecule has 0 aliphatic heterocycles. The first-order chi connectivity index (χ1) is 13.7. The fourth-order valence-corrected chi connectivity index (χ4v) is 2.99. The quantitative estimate of drug-likeness (QED) is 0.436. The van der Waals surface area contributed by atoms with E-state index in [4.69, 9.17) is 33.2 Å². The molecule has 1 aromatic carbocycles. The number of ether oxygens (including phenoxy) is 1. The predicted molar refractivity (Wildman–Crippen MR) is 99.6 cm³/mol. The van der Waals surface area contributed by atoms with Crippen LogP contribution < -0.4 is 4.74 Å². The van der Waals surface area contributed by atoms with Crippen LogP contribution in [0.5, 0.6) is 11.6 Å². The highest BCUT2D eigenvalue weighted by Gasteiger charge is 2.24. The zero-order valence-electron chi connectivity index (χ0n) is 14.4. The van der Waals surface area contributed by atoms with Crippen LogP contribution in [0.3, 0.4) is 0 Å². The predicted octanol–water partition coefficient (Wildman–Crippen LogP) is 5.23. The smallest absolute Gasteiger partial charge is 0.432 e. The van der Waals surface area contributed by atoms with E-state index in [0.717, 1.165) is 12.1 Å². The maximum atomic E-state index is 13.6. The third-order valence-corrected chi connectivity index (χ3v) is 4.21. The molecule has 0 atom stereocenters. The number of hydrogen-bond donors (Lipinski definition) is 1. The first kappa shape index (κ1) is 20.4.